The van der Waals surface area contributed by atoms with Crippen molar-refractivity contribution in [3.05, 3.63) is 16.1 Å². The summed E-state index contributed by atoms with van der Waals surface area (Å²) in [6, 6.07) is 0.832. The second-order valence-corrected chi connectivity index (χ2v) is 4.28. The number of aryl methyl sites for hydroxylation is 1. The minimum Gasteiger partial charge on any atom is -0.314 e. The van der Waals surface area contributed by atoms with E-state index in [1.54, 1.807) is 11.3 Å². The number of nitrogens with one attached hydrogen (secondary N) is 1. The molecule has 12 heavy (non-hydrogen) atoms. The van der Waals surface area contributed by atoms with Crippen LogP contribution in [0.5, 0.6) is 0 Å². The second-order valence-electron chi connectivity index (χ2n) is 3.34. The fourth-order valence-corrected chi connectivity index (χ4v) is 2.02. The summed E-state index contributed by atoms with van der Waals surface area (Å²) in [4.78, 5) is 5.65. The highest BCUT2D eigenvalue weighted by atomic mass is 32.1. The van der Waals surface area contributed by atoms with Gasteiger partial charge in [0, 0.05) is 17.5 Å². The Labute approximate surface area is 77.0 Å². The number of hydrogen-bond donors (Lipinski definition) is 1. The van der Waals surface area contributed by atoms with Crippen LogP contribution in [0.2, 0.25) is 0 Å². The van der Waals surface area contributed by atoms with Crippen LogP contribution in [0, 0.1) is 6.92 Å². The lowest BCUT2D eigenvalue weighted by Gasteiger charge is -2.00. The van der Waals surface area contributed by atoms with Crippen LogP contribution in [0.25, 0.3) is 0 Å². The Morgan fingerprint density at radius 1 is 1.67 bits per heavy atom. The molecule has 1 saturated carbocycles. The number of rotatable bonds is 4. The van der Waals surface area contributed by atoms with E-state index < -0.39 is 0 Å². The molecule has 0 unspecified atom stereocenters. The van der Waals surface area contributed by atoms with Gasteiger partial charge in [0.25, 0.3) is 0 Å². The van der Waals surface area contributed by atoms with E-state index in [0.29, 0.717) is 0 Å². The van der Waals surface area contributed by atoms with Crippen LogP contribution in [-0.2, 0) is 6.42 Å². The molecule has 1 aliphatic rings. The molecule has 0 spiro atoms. The molecule has 1 fully saturated rings. The molecule has 2 rings (SSSR count). The first-order valence-corrected chi connectivity index (χ1v) is 5.36. The molecule has 1 aromatic heterocycles. The van der Waals surface area contributed by atoms with Crippen LogP contribution in [0.15, 0.2) is 5.51 Å². The van der Waals surface area contributed by atoms with Crippen molar-refractivity contribution in [1.82, 2.24) is 10.3 Å². The van der Waals surface area contributed by atoms with E-state index in [2.05, 4.69) is 17.2 Å². The summed E-state index contributed by atoms with van der Waals surface area (Å²) in [6.45, 7) is 3.21. The third-order valence-electron chi connectivity index (χ3n) is 2.21. The van der Waals surface area contributed by atoms with E-state index in [4.69, 9.17) is 0 Å². The molecule has 3 heteroatoms. The van der Waals surface area contributed by atoms with Gasteiger partial charge in [-0.3, -0.25) is 0 Å². The van der Waals surface area contributed by atoms with Crippen LogP contribution < -0.4 is 5.32 Å². The molecular formula is C9H14N2S. The van der Waals surface area contributed by atoms with Gasteiger partial charge in [0.1, 0.15) is 0 Å². The number of thiazole rings is 1. The predicted octanol–water partition coefficient (Wildman–Crippen LogP) is 1.75. The zero-order valence-electron chi connectivity index (χ0n) is 7.34. The van der Waals surface area contributed by atoms with Gasteiger partial charge >= 0.3 is 0 Å². The molecule has 0 aromatic carbocycles. The smallest absolute Gasteiger partial charge is 0.0797 e. The number of nitrogens with zero attached hydrogens (tertiary/aromatic N) is 1. The summed E-state index contributed by atoms with van der Waals surface area (Å²) < 4.78 is 0. The predicted molar refractivity (Wildman–Crippen MR) is 51.6 cm³/mol. The Morgan fingerprint density at radius 3 is 3.08 bits per heavy atom. The first-order chi connectivity index (χ1) is 5.86. The first-order valence-electron chi connectivity index (χ1n) is 4.48. The maximum atomic E-state index is 4.22. The maximum absolute atomic E-state index is 4.22. The average Bonchev–Trinajstić information content (AvgIpc) is 2.78. The topological polar surface area (TPSA) is 24.9 Å². The molecule has 2 nitrogen and oxygen atoms in total. The standard InChI is InChI=1S/C9H14N2S/c1-7-9(12-6-11-7)4-5-10-8-2-3-8/h6,8,10H,2-5H2,1H3. The zero-order valence-corrected chi connectivity index (χ0v) is 8.16. The third kappa shape index (κ3) is 2.05. The van der Waals surface area contributed by atoms with E-state index in [0.717, 1.165) is 19.0 Å². The van der Waals surface area contributed by atoms with Gasteiger partial charge in [-0.2, -0.15) is 0 Å². The highest BCUT2D eigenvalue weighted by Crippen LogP contribution is 2.19. The van der Waals surface area contributed by atoms with Crippen LogP contribution in [0.4, 0.5) is 0 Å². The van der Waals surface area contributed by atoms with E-state index >= 15 is 0 Å². The van der Waals surface area contributed by atoms with Gasteiger partial charge in [-0.1, -0.05) is 0 Å². The lowest BCUT2D eigenvalue weighted by molar-refractivity contribution is 0.684. The van der Waals surface area contributed by atoms with Gasteiger partial charge in [0.15, 0.2) is 0 Å². The molecular weight excluding hydrogens is 168 g/mol. The van der Waals surface area contributed by atoms with E-state index in [1.165, 1.54) is 23.4 Å². The van der Waals surface area contributed by atoms with Crippen LogP contribution in [0.3, 0.4) is 0 Å². The van der Waals surface area contributed by atoms with Gasteiger partial charge < -0.3 is 5.32 Å². The van der Waals surface area contributed by atoms with Crippen molar-refractivity contribution < 1.29 is 0 Å². The van der Waals surface area contributed by atoms with Crippen molar-refractivity contribution in [2.75, 3.05) is 6.54 Å². The van der Waals surface area contributed by atoms with Crippen molar-refractivity contribution in [2.24, 2.45) is 0 Å². The summed E-state index contributed by atoms with van der Waals surface area (Å²) in [5, 5.41) is 3.50. The molecule has 0 radical (unpaired) electrons. The minimum atomic E-state index is 0.832. The first kappa shape index (κ1) is 8.20. The van der Waals surface area contributed by atoms with Crippen molar-refractivity contribution in [3.8, 4) is 0 Å². The van der Waals surface area contributed by atoms with Gasteiger partial charge in [-0.05, 0) is 26.2 Å². The molecule has 0 saturated heterocycles. The van der Waals surface area contributed by atoms with Crippen LogP contribution in [-0.4, -0.2) is 17.6 Å². The monoisotopic (exact) mass is 182 g/mol. The van der Waals surface area contributed by atoms with Crippen LogP contribution >= 0.6 is 11.3 Å². The van der Waals surface area contributed by atoms with Crippen LogP contribution in [0.1, 0.15) is 23.4 Å². The summed E-state index contributed by atoms with van der Waals surface area (Å²) >= 11 is 1.77. The molecule has 66 valence electrons. The second kappa shape index (κ2) is 3.54. The molecule has 0 bridgehead atoms. The van der Waals surface area contributed by atoms with Gasteiger partial charge in [-0.25, -0.2) is 4.98 Å². The van der Waals surface area contributed by atoms with Crippen molar-refractivity contribution in [1.29, 1.82) is 0 Å². The minimum absolute atomic E-state index is 0.832. The SMILES string of the molecule is Cc1ncsc1CCNC1CC1. The quantitative estimate of drug-likeness (QED) is 0.767. The van der Waals surface area contributed by atoms with Crippen molar-refractivity contribution in [3.63, 3.8) is 0 Å². The van der Waals surface area contributed by atoms with Gasteiger partial charge in [0.05, 0.1) is 11.2 Å². The van der Waals surface area contributed by atoms with E-state index in [1.807, 2.05) is 5.51 Å². The Bertz CT molecular complexity index is 253. The maximum Gasteiger partial charge on any atom is 0.0797 e. The number of hydrogen-bond acceptors (Lipinski definition) is 3. The van der Waals surface area contributed by atoms with Crippen molar-refractivity contribution >= 4 is 11.3 Å². The normalized spacial score (nSPS) is 16.8. The van der Waals surface area contributed by atoms with Crippen molar-refractivity contribution in [2.45, 2.75) is 32.2 Å². The van der Waals surface area contributed by atoms with E-state index in [9.17, 15) is 0 Å². The molecule has 1 N–H and O–H groups in total. The Balaban J connectivity index is 1.75. The molecule has 0 amide bonds. The fourth-order valence-electron chi connectivity index (χ4n) is 1.24. The summed E-state index contributed by atoms with van der Waals surface area (Å²) in [6.07, 6.45) is 3.90. The summed E-state index contributed by atoms with van der Waals surface area (Å²) in [5.41, 5.74) is 3.14. The number of aromatic nitrogens is 1. The average molecular weight is 182 g/mol. The molecule has 0 atom stereocenters. The zero-order chi connectivity index (χ0) is 8.39. The Hall–Kier alpha value is -0.410. The molecule has 1 aliphatic carbocycles. The van der Waals surface area contributed by atoms with Gasteiger partial charge in [0.2, 0.25) is 0 Å². The summed E-state index contributed by atoms with van der Waals surface area (Å²) in [5.74, 6) is 0. The lowest BCUT2D eigenvalue weighted by atomic mass is 10.3. The fraction of sp³-hybridized carbons (Fsp3) is 0.667. The Kier molecular flexibility index (Phi) is 2.42. The summed E-state index contributed by atoms with van der Waals surface area (Å²) in [7, 11) is 0. The van der Waals surface area contributed by atoms with Gasteiger partial charge in [-0.15, -0.1) is 11.3 Å². The molecule has 1 heterocycles. The Morgan fingerprint density at radius 2 is 2.50 bits per heavy atom. The highest BCUT2D eigenvalue weighted by Gasteiger charge is 2.19. The highest BCUT2D eigenvalue weighted by molar-refractivity contribution is 7.09. The largest absolute Gasteiger partial charge is 0.314 e. The van der Waals surface area contributed by atoms with E-state index in [-0.39, 0.29) is 0 Å². The molecule has 0 aliphatic heterocycles. The lowest BCUT2D eigenvalue weighted by Crippen LogP contribution is -2.19. The third-order valence-corrected chi connectivity index (χ3v) is 3.20. The molecule has 1 aromatic rings.